The Morgan fingerprint density at radius 1 is 1.11 bits per heavy atom. The lowest BCUT2D eigenvalue weighted by Gasteiger charge is -2.04. The smallest absolute Gasteiger partial charge is 0.343 e. The molecule has 0 aliphatic rings. The summed E-state index contributed by atoms with van der Waals surface area (Å²) in [4.78, 5) is 16.0. The molecule has 0 radical (unpaired) electrons. The summed E-state index contributed by atoms with van der Waals surface area (Å²) < 4.78 is 7.08. The number of nitrogens with zero attached hydrogens (tertiary/aromatic N) is 2. The van der Waals surface area contributed by atoms with E-state index in [9.17, 15) is 4.79 Å². The van der Waals surface area contributed by atoms with Crippen LogP contribution in [0.25, 0.3) is 5.65 Å². The molecule has 4 heteroatoms. The lowest BCUT2D eigenvalue weighted by molar-refractivity contribution is 0.0735. The molecule has 0 atom stereocenters. The van der Waals surface area contributed by atoms with Crippen LogP contribution < -0.4 is 4.74 Å². The molecule has 0 spiro atoms. The van der Waals surface area contributed by atoms with Crippen LogP contribution >= 0.6 is 0 Å². The van der Waals surface area contributed by atoms with Gasteiger partial charge in [-0.05, 0) is 24.3 Å². The predicted molar refractivity (Wildman–Crippen MR) is 66.6 cm³/mol. The standard InChI is InChI=1S/C14H10N2O2/c17-14(18-12-4-2-1-3-5-12)11-6-8-16-9-7-15-13(16)10-11/h1-10H. The third-order valence-electron chi connectivity index (χ3n) is 2.59. The van der Waals surface area contributed by atoms with E-state index in [0.29, 0.717) is 11.3 Å². The zero-order valence-corrected chi connectivity index (χ0v) is 9.48. The first-order valence-corrected chi connectivity index (χ1v) is 5.53. The lowest BCUT2D eigenvalue weighted by Crippen LogP contribution is -2.08. The van der Waals surface area contributed by atoms with Crippen molar-refractivity contribution in [3.8, 4) is 5.75 Å². The number of para-hydroxylation sites is 1. The summed E-state index contributed by atoms with van der Waals surface area (Å²) in [5.41, 5.74) is 1.20. The fourth-order valence-electron chi connectivity index (χ4n) is 1.69. The van der Waals surface area contributed by atoms with Gasteiger partial charge in [-0.2, -0.15) is 0 Å². The molecule has 0 saturated carbocycles. The average molecular weight is 238 g/mol. The van der Waals surface area contributed by atoms with E-state index in [4.69, 9.17) is 4.74 Å². The number of ether oxygens (including phenoxy) is 1. The molecule has 2 aromatic heterocycles. The van der Waals surface area contributed by atoms with Crippen molar-refractivity contribution in [2.75, 3.05) is 0 Å². The highest BCUT2D eigenvalue weighted by Gasteiger charge is 2.09. The highest BCUT2D eigenvalue weighted by atomic mass is 16.5. The number of rotatable bonds is 2. The number of pyridine rings is 1. The number of benzene rings is 1. The molecule has 3 aromatic rings. The molecule has 0 N–H and O–H groups in total. The second-order valence-electron chi connectivity index (χ2n) is 3.81. The van der Waals surface area contributed by atoms with E-state index in [1.807, 2.05) is 28.8 Å². The fourth-order valence-corrected chi connectivity index (χ4v) is 1.69. The fraction of sp³-hybridized carbons (Fsp3) is 0. The molecular formula is C14H10N2O2. The zero-order chi connectivity index (χ0) is 12.4. The second kappa shape index (κ2) is 4.33. The highest BCUT2D eigenvalue weighted by Crippen LogP contribution is 2.12. The van der Waals surface area contributed by atoms with Gasteiger partial charge in [0.2, 0.25) is 0 Å². The number of aromatic nitrogens is 2. The van der Waals surface area contributed by atoms with Crippen LogP contribution in [0.15, 0.2) is 61.1 Å². The summed E-state index contributed by atoms with van der Waals surface area (Å²) in [6.07, 6.45) is 5.28. The van der Waals surface area contributed by atoms with Crippen LogP contribution in [0, 0.1) is 0 Å². The van der Waals surface area contributed by atoms with Gasteiger partial charge in [-0.1, -0.05) is 18.2 Å². The molecule has 0 amide bonds. The molecule has 88 valence electrons. The monoisotopic (exact) mass is 238 g/mol. The molecule has 18 heavy (non-hydrogen) atoms. The van der Waals surface area contributed by atoms with Crippen molar-refractivity contribution in [2.24, 2.45) is 0 Å². The van der Waals surface area contributed by atoms with Gasteiger partial charge in [-0.25, -0.2) is 9.78 Å². The van der Waals surface area contributed by atoms with Crippen molar-refractivity contribution in [3.05, 3.63) is 66.6 Å². The second-order valence-corrected chi connectivity index (χ2v) is 3.81. The van der Waals surface area contributed by atoms with Gasteiger partial charge in [-0.3, -0.25) is 0 Å². The van der Waals surface area contributed by atoms with E-state index < -0.39 is 0 Å². The molecule has 0 fully saturated rings. The van der Waals surface area contributed by atoms with Crippen LogP contribution in [-0.4, -0.2) is 15.4 Å². The van der Waals surface area contributed by atoms with E-state index in [0.717, 1.165) is 5.65 Å². The van der Waals surface area contributed by atoms with Gasteiger partial charge in [0.15, 0.2) is 0 Å². The summed E-state index contributed by atoms with van der Waals surface area (Å²) >= 11 is 0. The van der Waals surface area contributed by atoms with Crippen LogP contribution in [0.5, 0.6) is 5.75 Å². The number of carbonyl (C=O) groups excluding carboxylic acids is 1. The molecule has 3 rings (SSSR count). The summed E-state index contributed by atoms with van der Waals surface area (Å²) in [6.45, 7) is 0. The number of imidazole rings is 1. The van der Waals surface area contributed by atoms with E-state index in [1.165, 1.54) is 0 Å². The normalized spacial score (nSPS) is 10.4. The largest absolute Gasteiger partial charge is 0.423 e. The van der Waals surface area contributed by atoms with Crippen molar-refractivity contribution in [1.82, 2.24) is 9.38 Å². The molecule has 1 aromatic carbocycles. The van der Waals surface area contributed by atoms with Gasteiger partial charge in [0.25, 0.3) is 0 Å². The van der Waals surface area contributed by atoms with Gasteiger partial charge >= 0.3 is 5.97 Å². The minimum Gasteiger partial charge on any atom is -0.423 e. The Bertz CT molecular complexity index is 689. The minimum atomic E-state index is -0.383. The summed E-state index contributed by atoms with van der Waals surface area (Å²) in [5, 5.41) is 0. The first-order valence-electron chi connectivity index (χ1n) is 5.53. The molecule has 0 bridgehead atoms. The Labute approximate surface area is 103 Å². The molecule has 2 heterocycles. The van der Waals surface area contributed by atoms with E-state index in [1.54, 1.807) is 36.7 Å². The SMILES string of the molecule is O=C(Oc1ccccc1)c1ccn2ccnc2c1. The van der Waals surface area contributed by atoms with Crippen molar-refractivity contribution in [3.63, 3.8) is 0 Å². The van der Waals surface area contributed by atoms with Gasteiger partial charge in [0.05, 0.1) is 5.56 Å². The lowest BCUT2D eigenvalue weighted by atomic mass is 10.2. The molecular weight excluding hydrogens is 228 g/mol. The van der Waals surface area contributed by atoms with Crippen LogP contribution in [0.4, 0.5) is 0 Å². The third kappa shape index (κ3) is 1.96. The first kappa shape index (κ1) is 10.5. The van der Waals surface area contributed by atoms with E-state index in [-0.39, 0.29) is 5.97 Å². The number of esters is 1. The van der Waals surface area contributed by atoms with Crippen LogP contribution in [0.3, 0.4) is 0 Å². The number of carbonyl (C=O) groups is 1. The number of hydrogen-bond donors (Lipinski definition) is 0. The summed E-state index contributed by atoms with van der Waals surface area (Å²) in [5.74, 6) is 0.150. The van der Waals surface area contributed by atoms with E-state index in [2.05, 4.69) is 4.98 Å². The highest BCUT2D eigenvalue weighted by molar-refractivity contribution is 5.91. The summed E-state index contributed by atoms with van der Waals surface area (Å²) in [7, 11) is 0. The molecule has 0 aliphatic carbocycles. The molecule has 4 nitrogen and oxygen atoms in total. The Morgan fingerprint density at radius 2 is 1.94 bits per heavy atom. The Kier molecular flexibility index (Phi) is 2.53. The predicted octanol–water partition coefficient (Wildman–Crippen LogP) is 2.55. The molecule has 0 saturated heterocycles. The quantitative estimate of drug-likeness (QED) is 0.509. The Balaban J connectivity index is 1.87. The van der Waals surface area contributed by atoms with Gasteiger partial charge in [0, 0.05) is 18.6 Å². The van der Waals surface area contributed by atoms with Crippen LogP contribution in [-0.2, 0) is 0 Å². The van der Waals surface area contributed by atoms with Crippen molar-refractivity contribution in [1.29, 1.82) is 0 Å². The third-order valence-corrected chi connectivity index (χ3v) is 2.59. The van der Waals surface area contributed by atoms with Crippen molar-refractivity contribution in [2.45, 2.75) is 0 Å². The van der Waals surface area contributed by atoms with Gasteiger partial charge in [-0.15, -0.1) is 0 Å². The molecule has 0 unspecified atom stereocenters. The maximum absolute atomic E-state index is 11.9. The number of hydrogen-bond acceptors (Lipinski definition) is 3. The van der Waals surface area contributed by atoms with Crippen LogP contribution in [0.2, 0.25) is 0 Å². The minimum absolute atomic E-state index is 0.383. The van der Waals surface area contributed by atoms with Crippen LogP contribution in [0.1, 0.15) is 10.4 Å². The van der Waals surface area contributed by atoms with E-state index >= 15 is 0 Å². The van der Waals surface area contributed by atoms with Gasteiger partial charge < -0.3 is 9.14 Å². The topological polar surface area (TPSA) is 43.6 Å². The molecule has 0 aliphatic heterocycles. The average Bonchev–Trinajstić information content (AvgIpc) is 2.87. The van der Waals surface area contributed by atoms with Crippen molar-refractivity contribution >= 4 is 11.6 Å². The maximum atomic E-state index is 11.9. The summed E-state index contributed by atoms with van der Waals surface area (Å²) in [6, 6.07) is 12.4. The Morgan fingerprint density at radius 3 is 2.78 bits per heavy atom. The van der Waals surface area contributed by atoms with Gasteiger partial charge in [0.1, 0.15) is 11.4 Å². The van der Waals surface area contributed by atoms with Crippen molar-refractivity contribution < 1.29 is 9.53 Å². The number of fused-ring (bicyclic) bond motifs is 1. The zero-order valence-electron chi connectivity index (χ0n) is 9.48. The Hall–Kier alpha value is -2.62. The first-order chi connectivity index (χ1) is 8.83. The maximum Gasteiger partial charge on any atom is 0.343 e.